The predicted molar refractivity (Wildman–Crippen MR) is 74.8 cm³/mol. The summed E-state index contributed by atoms with van der Waals surface area (Å²) in [6, 6.07) is 5.47. The number of hydrogen-bond donors (Lipinski definition) is 4. The lowest BCUT2D eigenvalue weighted by molar-refractivity contribution is 0.148. The molecule has 0 heterocycles. The van der Waals surface area contributed by atoms with E-state index in [1.165, 1.54) is 0 Å². The Kier molecular flexibility index (Phi) is 4.96. The number of nitrogens with one attached hydrogen (secondary N) is 2. The summed E-state index contributed by atoms with van der Waals surface area (Å²) in [5.74, 6) is 0. The summed E-state index contributed by atoms with van der Waals surface area (Å²) >= 11 is 0. The number of hydrogen-bond acceptors (Lipinski definition) is 2. The van der Waals surface area contributed by atoms with Crippen LogP contribution in [0.5, 0.6) is 0 Å². The summed E-state index contributed by atoms with van der Waals surface area (Å²) in [7, 11) is 0. The predicted octanol–water partition coefficient (Wildman–Crippen LogP) is 2.66. The van der Waals surface area contributed by atoms with Gasteiger partial charge in [0, 0.05) is 5.56 Å². The Morgan fingerprint density at radius 1 is 1.15 bits per heavy atom. The van der Waals surface area contributed by atoms with Crippen LogP contribution in [0.4, 0.5) is 9.59 Å². The maximum Gasteiger partial charge on any atom is 0.406 e. The van der Waals surface area contributed by atoms with Crippen molar-refractivity contribution < 1.29 is 19.8 Å². The van der Waals surface area contributed by atoms with Gasteiger partial charge >= 0.3 is 12.2 Å². The largest absolute Gasteiger partial charge is 0.465 e. The average Bonchev–Trinajstić information content (AvgIpc) is 2.36. The van der Waals surface area contributed by atoms with Gasteiger partial charge in [0.25, 0.3) is 0 Å². The maximum atomic E-state index is 11.1. The van der Waals surface area contributed by atoms with Crippen molar-refractivity contribution >= 4 is 12.2 Å². The van der Waals surface area contributed by atoms with Gasteiger partial charge in [-0.05, 0) is 30.9 Å². The van der Waals surface area contributed by atoms with Crippen LogP contribution >= 0.6 is 0 Å². The van der Waals surface area contributed by atoms with Crippen molar-refractivity contribution in [3.8, 4) is 0 Å². The summed E-state index contributed by atoms with van der Waals surface area (Å²) in [5, 5.41) is 22.7. The van der Waals surface area contributed by atoms with E-state index in [-0.39, 0.29) is 6.42 Å². The van der Waals surface area contributed by atoms with Gasteiger partial charge in [-0.2, -0.15) is 0 Å². The molecule has 0 radical (unpaired) electrons. The highest BCUT2D eigenvalue weighted by molar-refractivity contribution is 5.71. The van der Waals surface area contributed by atoms with Crippen molar-refractivity contribution in [2.24, 2.45) is 0 Å². The fraction of sp³-hybridized carbons (Fsp3) is 0.429. The molecule has 20 heavy (non-hydrogen) atoms. The molecule has 6 heteroatoms. The Bertz CT molecular complexity index is 498. The van der Waals surface area contributed by atoms with Gasteiger partial charge in [-0.25, -0.2) is 9.59 Å². The van der Waals surface area contributed by atoms with Crippen molar-refractivity contribution in [1.82, 2.24) is 10.6 Å². The highest BCUT2D eigenvalue weighted by atomic mass is 16.4. The van der Waals surface area contributed by atoms with Crippen LogP contribution in [0, 0.1) is 6.92 Å². The molecule has 0 spiro atoms. The van der Waals surface area contributed by atoms with Crippen LogP contribution in [0.15, 0.2) is 18.2 Å². The Morgan fingerprint density at radius 3 is 2.10 bits per heavy atom. The monoisotopic (exact) mass is 280 g/mol. The molecule has 0 aliphatic heterocycles. The molecule has 0 bridgehead atoms. The highest BCUT2D eigenvalue weighted by Crippen LogP contribution is 2.28. The Hall–Kier alpha value is -2.24. The zero-order valence-electron chi connectivity index (χ0n) is 11.9. The van der Waals surface area contributed by atoms with Gasteiger partial charge in [0.15, 0.2) is 0 Å². The molecule has 0 aliphatic rings. The van der Waals surface area contributed by atoms with Gasteiger partial charge in [-0.1, -0.05) is 32.0 Å². The lowest BCUT2D eigenvalue weighted by Gasteiger charge is -2.35. The molecule has 1 rings (SSSR count). The second-order valence-corrected chi connectivity index (χ2v) is 4.57. The SMILES string of the molecule is CCc1c(C)cccc1C(CC)(NC(=O)O)NC(=O)O. The van der Waals surface area contributed by atoms with E-state index < -0.39 is 17.8 Å². The number of amides is 2. The lowest BCUT2D eigenvalue weighted by atomic mass is 9.88. The van der Waals surface area contributed by atoms with E-state index in [1.54, 1.807) is 19.1 Å². The molecular weight excluding hydrogens is 260 g/mol. The molecule has 0 aliphatic carbocycles. The van der Waals surface area contributed by atoms with E-state index in [9.17, 15) is 9.59 Å². The van der Waals surface area contributed by atoms with E-state index in [2.05, 4.69) is 10.6 Å². The molecule has 0 unspecified atom stereocenters. The summed E-state index contributed by atoms with van der Waals surface area (Å²) in [6.07, 6.45) is -1.60. The number of aryl methyl sites for hydroxylation is 1. The third-order valence-electron chi connectivity index (χ3n) is 3.39. The zero-order chi connectivity index (χ0) is 15.3. The first kappa shape index (κ1) is 15.8. The second-order valence-electron chi connectivity index (χ2n) is 4.57. The zero-order valence-corrected chi connectivity index (χ0v) is 11.9. The van der Waals surface area contributed by atoms with Crippen molar-refractivity contribution in [2.45, 2.75) is 39.3 Å². The van der Waals surface area contributed by atoms with E-state index in [0.29, 0.717) is 12.0 Å². The van der Waals surface area contributed by atoms with Crippen LogP contribution in [-0.2, 0) is 12.1 Å². The van der Waals surface area contributed by atoms with E-state index in [4.69, 9.17) is 10.2 Å². The molecule has 1 aromatic carbocycles. The average molecular weight is 280 g/mol. The van der Waals surface area contributed by atoms with Crippen LogP contribution < -0.4 is 10.6 Å². The molecule has 110 valence electrons. The second kappa shape index (κ2) is 6.27. The van der Waals surface area contributed by atoms with Crippen LogP contribution in [-0.4, -0.2) is 22.4 Å². The van der Waals surface area contributed by atoms with Crippen molar-refractivity contribution in [1.29, 1.82) is 0 Å². The third-order valence-corrected chi connectivity index (χ3v) is 3.39. The number of rotatable bonds is 5. The molecular formula is C14H20N2O4. The molecule has 2 amide bonds. The standard InChI is InChI=1S/C14H20N2O4/c1-4-10-9(3)7-6-8-11(10)14(5-2,15-12(17)18)16-13(19)20/h6-8,15-16H,4-5H2,1-3H3,(H,17,18)(H,19,20). The molecule has 0 saturated heterocycles. The first-order valence-electron chi connectivity index (χ1n) is 6.47. The molecule has 6 nitrogen and oxygen atoms in total. The molecule has 0 atom stereocenters. The third kappa shape index (κ3) is 3.20. The van der Waals surface area contributed by atoms with E-state index >= 15 is 0 Å². The van der Waals surface area contributed by atoms with Gasteiger partial charge < -0.3 is 10.2 Å². The van der Waals surface area contributed by atoms with Gasteiger partial charge in [0.05, 0.1) is 0 Å². The minimum atomic E-state index is -1.34. The van der Waals surface area contributed by atoms with E-state index in [1.807, 2.05) is 19.9 Å². The Labute approximate surface area is 117 Å². The van der Waals surface area contributed by atoms with Crippen molar-refractivity contribution in [3.05, 3.63) is 34.9 Å². The van der Waals surface area contributed by atoms with Gasteiger partial charge in [0.1, 0.15) is 5.66 Å². The molecule has 0 saturated carbocycles. The first-order valence-corrected chi connectivity index (χ1v) is 6.47. The van der Waals surface area contributed by atoms with Crippen molar-refractivity contribution in [2.75, 3.05) is 0 Å². The minimum absolute atomic E-state index is 0.266. The van der Waals surface area contributed by atoms with Crippen LogP contribution in [0.3, 0.4) is 0 Å². The molecule has 0 fully saturated rings. The summed E-state index contributed by atoms with van der Waals surface area (Å²) in [6.45, 7) is 5.60. The van der Waals surface area contributed by atoms with Gasteiger partial charge in [-0.15, -0.1) is 0 Å². The summed E-state index contributed by atoms with van der Waals surface area (Å²) in [4.78, 5) is 22.1. The quantitative estimate of drug-likeness (QED) is 0.623. The highest BCUT2D eigenvalue weighted by Gasteiger charge is 2.36. The first-order chi connectivity index (χ1) is 9.36. The topological polar surface area (TPSA) is 98.7 Å². The number of carboxylic acid groups (broad SMARTS) is 2. The molecule has 0 aromatic heterocycles. The van der Waals surface area contributed by atoms with Gasteiger partial charge in [-0.3, -0.25) is 10.6 Å². The van der Waals surface area contributed by atoms with Crippen LogP contribution in [0.1, 0.15) is 37.0 Å². The Morgan fingerprint density at radius 2 is 1.70 bits per heavy atom. The van der Waals surface area contributed by atoms with Gasteiger partial charge in [0.2, 0.25) is 0 Å². The molecule has 4 N–H and O–H groups in total. The summed E-state index contributed by atoms with van der Waals surface area (Å²) in [5.41, 5.74) is 1.25. The Balaban J connectivity index is 3.46. The maximum absolute atomic E-state index is 11.1. The minimum Gasteiger partial charge on any atom is -0.465 e. The fourth-order valence-corrected chi connectivity index (χ4v) is 2.47. The fourth-order valence-electron chi connectivity index (χ4n) is 2.47. The van der Waals surface area contributed by atoms with Crippen LogP contribution in [0.2, 0.25) is 0 Å². The van der Waals surface area contributed by atoms with Crippen LogP contribution in [0.25, 0.3) is 0 Å². The number of benzene rings is 1. The normalized spacial score (nSPS) is 10.9. The number of carbonyl (C=O) groups is 2. The van der Waals surface area contributed by atoms with Crippen molar-refractivity contribution in [3.63, 3.8) is 0 Å². The van der Waals surface area contributed by atoms with E-state index in [0.717, 1.165) is 11.1 Å². The summed E-state index contributed by atoms with van der Waals surface area (Å²) < 4.78 is 0. The molecule has 1 aromatic rings. The smallest absolute Gasteiger partial charge is 0.406 e. The lowest BCUT2D eigenvalue weighted by Crippen LogP contribution is -2.57.